The van der Waals surface area contributed by atoms with Gasteiger partial charge in [-0.25, -0.2) is 0 Å². The fraction of sp³-hybridized carbons (Fsp3) is 0.333. The van der Waals surface area contributed by atoms with Crippen molar-refractivity contribution in [3.8, 4) is 5.75 Å². The van der Waals surface area contributed by atoms with Crippen LogP contribution < -0.4 is 20.3 Å². The zero-order valence-electron chi connectivity index (χ0n) is 16.5. The summed E-state index contributed by atoms with van der Waals surface area (Å²) in [6.45, 7) is 5.29. The van der Waals surface area contributed by atoms with Crippen LogP contribution in [-0.2, 0) is 9.59 Å². The largest absolute Gasteiger partial charge is 0.488 e. The van der Waals surface area contributed by atoms with Crippen molar-refractivity contribution in [1.82, 2.24) is 5.32 Å². The number of nitrogens with one attached hydrogen (secondary N) is 3. The standard InChI is InChI=1S/C21H26ClN3O3/c1-15-5-4-6-19(16(15)2)24-20(26)13-23-21(27)14-25(3)11-12-28-18-9-7-17(22)8-10-18/h4-10H,11-14H2,1-3H3,(H,23,27)(H,24,26)/p+1. The maximum Gasteiger partial charge on any atom is 0.275 e. The van der Waals surface area contributed by atoms with Crippen molar-refractivity contribution in [1.29, 1.82) is 0 Å². The van der Waals surface area contributed by atoms with E-state index in [2.05, 4.69) is 10.6 Å². The number of ether oxygens (including phenoxy) is 1. The minimum atomic E-state index is -0.245. The van der Waals surface area contributed by atoms with Gasteiger partial charge in [0.15, 0.2) is 6.54 Å². The summed E-state index contributed by atoms with van der Waals surface area (Å²) in [5.41, 5.74) is 2.89. The number of quaternary nitrogens is 1. The Hall–Kier alpha value is -2.57. The number of aryl methyl sites for hydroxylation is 1. The van der Waals surface area contributed by atoms with Gasteiger partial charge in [-0.05, 0) is 55.3 Å². The number of hydrogen-bond acceptors (Lipinski definition) is 3. The Morgan fingerprint density at radius 1 is 1.07 bits per heavy atom. The molecule has 7 heteroatoms. The van der Waals surface area contributed by atoms with Gasteiger partial charge in [0.1, 0.15) is 18.9 Å². The third-order valence-corrected chi connectivity index (χ3v) is 4.65. The van der Waals surface area contributed by atoms with E-state index in [0.29, 0.717) is 18.2 Å². The lowest BCUT2D eigenvalue weighted by molar-refractivity contribution is -0.871. The fourth-order valence-electron chi connectivity index (χ4n) is 2.56. The zero-order chi connectivity index (χ0) is 20.5. The summed E-state index contributed by atoms with van der Waals surface area (Å²) in [5.74, 6) is 0.315. The highest BCUT2D eigenvalue weighted by molar-refractivity contribution is 6.30. The lowest BCUT2D eigenvalue weighted by atomic mass is 10.1. The van der Waals surface area contributed by atoms with E-state index < -0.39 is 0 Å². The number of likely N-dealkylation sites (N-methyl/N-ethyl adjacent to an activating group) is 1. The zero-order valence-corrected chi connectivity index (χ0v) is 17.2. The predicted molar refractivity (Wildman–Crippen MR) is 111 cm³/mol. The molecule has 1 unspecified atom stereocenters. The van der Waals surface area contributed by atoms with Crippen LogP contribution in [-0.4, -0.2) is 45.1 Å². The van der Waals surface area contributed by atoms with Crippen LogP contribution in [0.1, 0.15) is 11.1 Å². The molecule has 0 saturated carbocycles. The van der Waals surface area contributed by atoms with Crippen molar-refractivity contribution in [3.63, 3.8) is 0 Å². The second-order valence-corrected chi connectivity index (χ2v) is 7.20. The number of amides is 2. The van der Waals surface area contributed by atoms with Gasteiger partial charge < -0.3 is 20.3 Å². The molecule has 0 radical (unpaired) electrons. The first-order valence-corrected chi connectivity index (χ1v) is 9.55. The summed E-state index contributed by atoms with van der Waals surface area (Å²) in [6.07, 6.45) is 0. The Labute approximate surface area is 170 Å². The number of rotatable bonds is 9. The van der Waals surface area contributed by atoms with Crippen LogP contribution >= 0.6 is 11.6 Å². The Kier molecular flexibility index (Phi) is 8.29. The van der Waals surface area contributed by atoms with Gasteiger partial charge in [0.05, 0.1) is 13.6 Å². The summed E-state index contributed by atoms with van der Waals surface area (Å²) in [6, 6.07) is 12.9. The molecule has 2 rings (SSSR count). The molecule has 2 aromatic rings. The van der Waals surface area contributed by atoms with Crippen molar-refractivity contribution in [2.75, 3.05) is 38.6 Å². The number of carbonyl (C=O) groups excluding carboxylic acids is 2. The SMILES string of the molecule is Cc1cccc(NC(=O)CNC(=O)C[NH+](C)CCOc2ccc(Cl)cc2)c1C. The highest BCUT2D eigenvalue weighted by atomic mass is 35.5. The molecule has 2 aromatic carbocycles. The summed E-state index contributed by atoms with van der Waals surface area (Å²) in [7, 11) is 1.90. The van der Waals surface area contributed by atoms with E-state index in [-0.39, 0.29) is 24.9 Å². The molecule has 150 valence electrons. The highest BCUT2D eigenvalue weighted by Gasteiger charge is 2.12. The van der Waals surface area contributed by atoms with E-state index in [9.17, 15) is 9.59 Å². The molecule has 2 amide bonds. The van der Waals surface area contributed by atoms with Gasteiger partial charge in [-0.2, -0.15) is 0 Å². The number of benzene rings is 2. The second kappa shape index (κ2) is 10.7. The van der Waals surface area contributed by atoms with Crippen LogP contribution in [0.3, 0.4) is 0 Å². The van der Waals surface area contributed by atoms with Crippen molar-refractivity contribution < 1.29 is 19.2 Å². The summed E-state index contributed by atoms with van der Waals surface area (Å²) in [5, 5.41) is 6.14. The maximum atomic E-state index is 12.1. The van der Waals surface area contributed by atoms with Crippen molar-refractivity contribution in [2.24, 2.45) is 0 Å². The summed E-state index contributed by atoms with van der Waals surface area (Å²) >= 11 is 5.83. The third-order valence-electron chi connectivity index (χ3n) is 4.40. The van der Waals surface area contributed by atoms with Crippen LogP contribution in [0.4, 0.5) is 5.69 Å². The topological polar surface area (TPSA) is 71.9 Å². The highest BCUT2D eigenvalue weighted by Crippen LogP contribution is 2.17. The summed E-state index contributed by atoms with van der Waals surface area (Å²) < 4.78 is 5.62. The molecule has 0 aliphatic carbocycles. The number of hydrogen-bond donors (Lipinski definition) is 3. The monoisotopic (exact) mass is 404 g/mol. The minimum absolute atomic E-state index is 0.0548. The van der Waals surface area contributed by atoms with Crippen LogP contribution in [0.2, 0.25) is 5.02 Å². The van der Waals surface area contributed by atoms with Crippen LogP contribution in [0.15, 0.2) is 42.5 Å². The molecule has 1 atom stereocenters. The van der Waals surface area contributed by atoms with E-state index in [1.165, 1.54) is 0 Å². The van der Waals surface area contributed by atoms with E-state index >= 15 is 0 Å². The van der Waals surface area contributed by atoms with Crippen molar-refractivity contribution in [3.05, 3.63) is 58.6 Å². The Balaban J connectivity index is 1.66. The lowest BCUT2D eigenvalue weighted by Gasteiger charge is -2.15. The molecule has 0 bridgehead atoms. The minimum Gasteiger partial charge on any atom is -0.488 e. The second-order valence-electron chi connectivity index (χ2n) is 6.76. The van der Waals surface area contributed by atoms with Crippen LogP contribution in [0.5, 0.6) is 5.75 Å². The molecule has 0 aromatic heterocycles. The fourth-order valence-corrected chi connectivity index (χ4v) is 2.68. The van der Waals surface area contributed by atoms with Gasteiger partial charge in [-0.3, -0.25) is 9.59 Å². The third kappa shape index (κ3) is 7.21. The lowest BCUT2D eigenvalue weighted by Crippen LogP contribution is -3.10. The van der Waals surface area contributed by atoms with E-state index in [0.717, 1.165) is 27.5 Å². The number of carbonyl (C=O) groups is 2. The van der Waals surface area contributed by atoms with Crippen LogP contribution in [0.25, 0.3) is 0 Å². The van der Waals surface area contributed by atoms with E-state index in [4.69, 9.17) is 16.3 Å². The number of halogens is 1. The van der Waals surface area contributed by atoms with Gasteiger partial charge in [0, 0.05) is 10.7 Å². The molecule has 28 heavy (non-hydrogen) atoms. The average Bonchev–Trinajstić information content (AvgIpc) is 2.65. The molecule has 0 spiro atoms. The Morgan fingerprint density at radius 2 is 1.79 bits per heavy atom. The maximum absolute atomic E-state index is 12.1. The Bertz CT molecular complexity index is 809. The molecule has 6 nitrogen and oxygen atoms in total. The number of anilines is 1. The first kappa shape index (κ1) is 21.7. The van der Waals surface area contributed by atoms with Crippen molar-refractivity contribution >= 4 is 29.1 Å². The molecular weight excluding hydrogens is 378 g/mol. The smallest absolute Gasteiger partial charge is 0.275 e. The molecule has 0 fully saturated rings. The normalized spacial score (nSPS) is 11.6. The first-order valence-electron chi connectivity index (χ1n) is 9.17. The molecule has 0 aliphatic rings. The predicted octanol–water partition coefficient (Wildman–Crippen LogP) is 1.61. The summed E-state index contributed by atoms with van der Waals surface area (Å²) in [4.78, 5) is 25.1. The molecule has 0 aliphatic heterocycles. The van der Waals surface area contributed by atoms with Gasteiger partial charge >= 0.3 is 0 Å². The van der Waals surface area contributed by atoms with Gasteiger partial charge in [-0.1, -0.05) is 23.7 Å². The van der Waals surface area contributed by atoms with Gasteiger partial charge in [-0.15, -0.1) is 0 Å². The molecular formula is C21H27ClN3O3+. The Morgan fingerprint density at radius 3 is 2.50 bits per heavy atom. The quantitative estimate of drug-likeness (QED) is 0.594. The van der Waals surface area contributed by atoms with E-state index in [1.54, 1.807) is 24.3 Å². The van der Waals surface area contributed by atoms with Crippen molar-refractivity contribution in [2.45, 2.75) is 13.8 Å². The van der Waals surface area contributed by atoms with E-state index in [1.807, 2.05) is 39.1 Å². The molecule has 0 saturated heterocycles. The first-order chi connectivity index (χ1) is 13.3. The molecule has 0 heterocycles. The van der Waals surface area contributed by atoms with Gasteiger partial charge in [0.2, 0.25) is 5.91 Å². The van der Waals surface area contributed by atoms with Crippen LogP contribution in [0, 0.1) is 13.8 Å². The molecule has 3 N–H and O–H groups in total. The van der Waals surface area contributed by atoms with Gasteiger partial charge in [0.25, 0.3) is 5.91 Å². The average molecular weight is 405 g/mol.